The summed E-state index contributed by atoms with van der Waals surface area (Å²) in [4.78, 5) is 19.8. The van der Waals surface area contributed by atoms with E-state index in [4.69, 9.17) is 19.9 Å². The van der Waals surface area contributed by atoms with Gasteiger partial charge >= 0.3 is 6.01 Å². The van der Waals surface area contributed by atoms with Crippen LogP contribution in [0.4, 0.5) is 0 Å². The van der Waals surface area contributed by atoms with Gasteiger partial charge in [-0.15, -0.1) is 23.5 Å². The van der Waals surface area contributed by atoms with Gasteiger partial charge in [0, 0.05) is 0 Å². The number of nitrogens with two attached hydrogens (primary N) is 1. The molecule has 1 amide bonds. The van der Waals surface area contributed by atoms with Crippen molar-refractivity contribution < 1.29 is 19.0 Å². The molecule has 0 saturated heterocycles. The third kappa shape index (κ3) is 4.31. The van der Waals surface area contributed by atoms with Gasteiger partial charge in [-0.25, -0.2) is 0 Å². The molecule has 0 aliphatic carbocycles. The number of amides is 1. The fraction of sp³-hybridized carbons (Fsp3) is 0.583. The van der Waals surface area contributed by atoms with Crippen molar-refractivity contribution in [3.05, 3.63) is 6.07 Å². The van der Waals surface area contributed by atoms with E-state index in [1.165, 1.54) is 43.8 Å². The highest BCUT2D eigenvalue weighted by atomic mass is 32.2. The summed E-state index contributed by atoms with van der Waals surface area (Å²) >= 11 is 2.93. The van der Waals surface area contributed by atoms with Gasteiger partial charge in [0.2, 0.25) is 17.9 Å². The Hall–Kier alpha value is -1.35. The molecule has 21 heavy (non-hydrogen) atoms. The molecule has 1 aromatic rings. The summed E-state index contributed by atoms with van der Waals surface area (Å²) in [6.45, 7) is 1.87. The van der Waals surface area contributed by atoms with Crippen molar-refractivity contribution in [1.82, 2.24) is 9.97 Å². The fourth-order valence-corrected chi connectivity index (χ4v) is 2.90. The van der Waals surface area contributed by atoms with Gasteiger partial charge in [0.1, 0.15) is 4.08 Å². The van der Waals surface area contributed by atoms with Crippen LogP contribution in [0.2, 0.25) is 0 Å². The molecular formula is C12H19N3O4S2. The number of hydrogen-bond donors (Lipinski definition) is 1. The maximum absolute atomic E-state index is 11.7. The minimum absolute atomic E-state index is 0.0238. The number of primary amides is 1. The van der Waals surface area contributed by atoms with Crippen LogP contribution in [0.15, 0.2) is 6.07 Å². The minimum atomic E-state index is -0.903. The second kappa shape index (κ2) is 7.60. The summed E-state index contributed by atoms with van der Waals surface area (Å²) in [6, 6.07) is 1.48. The molecule has 1 rings (SSSR count). The van der Waals surface area contributed by atoms with E-state index in [2.05, 4.69) is 9.97 Å². The highest BCUT2D eigenvalue weighted by Crippen LogP contribution is 2.38. The molecule has 1 unspecified atom stereocenters. The molecule has 0 spiro atoms. The first-order chi connectivity index (χ1) is 9.89. The number of thioether (sulfide) groups is 2. The van der Waals surface area contributed by atoms with Gasteiger partial charge in [0.25, 0.3) is 5.91 Å². The number of hydrogen-bond acceptors (Lipinski definition) is 8. The van der Waals surface area contributed by atoms with Crippen molar-refractivity contribution in [2.24, 2.45) is 5.73 Å². The van der Waals surface area contributed by atoms with E-state index in [1.807, 2.05) is 19.4 Å². The molecule has 1 heterocycles. The van der Waals surface area contributed by atoms with Gasteiger partial charge in [-0.05, 0) is 19.4 Å². The molecule has 0 radical (unpaired) electrons. The lowest BCUT2D eigenvalue weighted by Crippen LogP contribution is -2.47. The van der Waals surface area contributed by atoms with Crippen molar-refractivity contribution in [2.75, 3.05) is 26.7 Å². The average Bonchev–Trinajstić information content (AvgIpc) is 2.51. The molecule has 7 nitrogen and oxygen atoms in total. The number of ether oxygens (including phenoxy) is 3. The Morgan fingerprint density at radius 3 is 2.05 bits per heavy atom. The van der Waals surface area contributed by atoms with Crippen molar-refractivity contribution in [3.8, 4) is 17.8 Å². The topological polar surface area (TPSA) is 96.6 Å². The molecule has 2 N–H and O–H groups in total. The zero-order valence-electron chi connectivity index (χ0n) is 12.6. The van der Waals surface area contributed by atoms with Gasteiger partial charge < -0.3 is 19.9 Å². The van der Waals surface area contributed by atoms with Crippen molar-refractivity contribution in [2.45, 2.75) is 17.1 Å². The van der Waals surface area contributed by atoms with Crippen LogP contribution in [0.5, 0.6) is 17.8 Å². The summed E-state index contributed by atoms with van der Waals surface area (Å²) < 4.78 is 15.1. The average molecular weight is 333 g/mol. The van der Waals surface area contributed by atoms with E-state index in [0.717, 1.165) is 0 Å². The summed E-state index contributed by atoms with van der Waals surface area (Å²) in [6.07, 6.45) is 2.85. The second-order valence-corrected chi connectivity index (χ2v) is 6.83. The van der Waals surface area contributed by atoms with E-state index in [-0.39, 0.29) is 17.8 Å². The van der Waals surface area contributed by atoms with E-state index in [9.17, 15) is 4.79 Å². The van der Waals surface area contributed by atoms with Crippen LogP contribution in [0, 0.1) is 0 Å². The second-order valence-electron chi connectivity index (χ2n) is 4.06. The van der Waals surface area contributed by atoms with Crippen molar-refractivity contribution in [3.63, 3.8) is 0 Å². The smallest absolute Gasteiger partial charge is 0.323 e. The number of nitrogens with zero attached hydrogens (tertiary/aromatic N) is 2. The highest BCUT2D eigenvalue weighted by Gasteiger charge is 2.40. The van der Waals surface area contributed by atoms with Crippen molar-refractivity contribution in [1.29, 1.82) is 0 Å². The van der Waals surface area contributed by atoms with Crippen LogP contribution in [-0.2, 0) is 4.79 Å². The van der Waals surface area contributed by atoms with Crippen LogP contribution >= 0.6 is 23.5 Å². The first-order valence-electron chi connectivity index (χ1n) is 5.93. The number of aromatic nitrogens is 2. The number of carbonyl (C=O) groups is 1. The standard InChI is InChI=1S/C12H19N3O4S2/c1-12(20-4,21-5)9(10(13)16)19-11-14-7(17-2)6-8(15-11)18-3/h6,9H,1-5H3,(H2,13,16). The van der Waals surface area contributed by atoms with Crippen LogP contribution in [0.3, 0.4) is 0 Å². The third-order valence-electron chi connectivity index (χ3n) is 2.85. The lowest BCUT2D eigenvalue weighted by Gasteiger charge is -2.31. The predicted molar refractivity (Wildman–Crippen MR) is 84.2 cm³/mol. The van der Waals surface area contributed by atoms with Crippen LogP contribution in [0.25, 0.3) is 0 Å². The van der Waals surface area contributed by atoms with E-state index in [0.29, 0.717) is 0 Å². The molecule has 0 aliphatic heterocycles. The summed E-state index contributed by atoms with van der Waals surface area (Å²) in [5, 5.41) is 0. The Labute approximate surface area is 132 Å². The van der Waals surface area contributed by atoms with Crippen LogP contribution in [-0.4, -0.2) is 52.8 Å². The molecule has 118 valence electrons. The normalized spacial score (nSPS) is 12.6. The summed E-state index contributed by atoms with van der Waals surface area (Å²) in [7, 11) is 2.93. The van der Waals surface area contributed by atoms with Gasteiger partial charge in [0.15, 0.2) is 0 Å². The molecule has 0 bridgehead atoms. The fourth-order valence-electron chi connectivity index (χ4n) is 1.47. The molecule has 0 saturated carbocycles. The summed E-state index contributed by atoms with van der Waals surface area (Å²) in [5.74, 6) is -0.0447. The first kappa shape index (κ1) is 17.7. The molecule has 0 fully saturated rings. The van der Waals surface area contributed by atoms with Gasteiger partial charge in [0.05, 0.1) is 20.3 Å². The SMILES string of the molecule is COc1cc(OC)nc(OC(C(N)=O)C(C)(SC)SC)n1. The van der Waals surface area contributed by atoms with E-state index < -0.39 is 16.1 Å². The number of rotatable bonds is 8. The Morgan fingerprint density at radius 1 is 1.24 bits per heavy atom. The lowest BCUT2D eigenvalue weighted by atomic mass is 10.2. The minimum Gasteiger partial charge on any atom is -0.481 e. The zero-order valence-corrected chi connectivity index (χ0v) is 14.2. The quantitative estimate of drug-likeness (QED) is 0.708. The van der Waals surface area contributed by atoms with Crippen LogP contribution in [0.1, 0.15) is 6.92 Å². The van der Waals surface area contributed by atoms with Crippen LogP contribution < -0.4 is 19.9 Å². The maximum Gasteiger partial charge on any atom is 0.323 e. The third-order valence-corrected chi connectivity index (χ3v) is 5.89. The molecule has 9 heteroatoms. The number of carbonyl (C=O) groups excluding carboxylic acids is 1. The molecule has 1 atom stereocenters. The van der Waals surface area contributed by atoms with E-state index >= 15 is 0 Å². The Balaban J connectivity index is 3.12. The van der Waals surface area contributed by atoms with E-state index in [1.54, 1.807) is 0 Å². The monoisotopic (exact) mass is 333 g/mol. The number of methoxy groups -OCH3 is 2. The van der Waals surface area contributed by atoms with Gasteiger partial charge in [-0.2, -0.15) is 9.97 Å². The highest BCUT2D eigenvalue weighted by molar-refractivity contribution is 8.17. The lowest BCUT2D eigenvalue weighted by molar-refractivity contribution is -0.125. The Kier molecular flexibility index (Phi) is 6.41. The molecule has 0 aliphatic rings. The van der Waals surface area contributed by atoms with Crippen molar-refractivity contribution >= 4 is 29.4 Å². The Morgan fingerprint density at radius 2 is 1.71 bits per heavy atom. The molecular weight excluding hydrogens is 314 g/mol. The largest absolute Gasteiger partial charge is 0.481 e. The zero-order chi connectivity index (χ0) is 16.0. The first-order valence-corrected chi connectivity index (χ1v) is 8.38. The Bertz CT molecular complexity index is 475. The maximum atomic E-state index is 11.7. The van der Waals surface area contributed by atoms with Gasteiger partial charge in [-0.3, -0.25) is 4.79 Å². The van der Waals surface area contributed by atoms with Gasteiger partial charge in [-0.1, -0.05) is 0 Å². The molecule has 1 aromatic heterocycles. The summed E-state index contributed by atoms with van der Waals surface area (Å²) in [5.41, 5.74) is 5.45. The predicted octanol–water partition coefficient (Wildman–Crippen LogP) is 1.17. The molecule has 0 aromatic carbocycles.